The standard InChI is InChI=1S/C17H25NO/c1-17(2)9-10-18-15-8-7-12(11-14(15)17)13-5-4-6-16(13)19-3/h7-8,11,13,16,18H,4-6,9-10H2,1-3H3. The summed E-state index contributed by atoms with van der Waals surface area (Å²) in [6.45, 7) is 5.81. The zero-order valence-electron chi connectivity index (χ0n) is 12.3. The maximum Gasteiger partial charge on any atom is 0.0639 e. The first-order chi connectivity index (χ1) is 9.12. The number of fused-ring (bicyclic) bond motifs is 1. The molecule has 3 rings (SSSR count). The Kier molecular flexibility index (Phi) is 3.30. The summed E-state index contributed by atoms with van der Waals surface area (Å²) < 4.78 is 5.66. The van der Waals surface area contributed by atoms with Crippen molar-refractivity contribution in [3.63, 3.8) is 0 Å². The van der Waals surface area contributed by atoms with Gasteiger partial charge in [-0.1, -0.05) is 32.4 Å². The fourth-order valence-corrected chi connectivity index (χ4v) is 3.74. The molecule has 1 aliphatic carbocycles. The Morgan fingerprint density at radius 1 is 1.26 bits per heavy atom. The van der Waals surface area contributed by atoms with E-state index in [0.29, 0.717) is 12.0 Å². The molecule has 1 aromatic rings. The predicted molar refractivity (Wildman–Crippen MR) is 80.0 cm³/mol. The van der Waals surface area contributed by atoms with Gasteiger partial charge in [-0.2, -0.15) is 0 Å². The van der Waals surface area contributed by atoms with Crippen LogP contribution in [-0.4, -0.2) is 19.8 Å². The van der Waals surface area contributed by atoms with Crippen LogP contribution >= 0.6 is 0 Å². The van der Waals surface area contributed by atoms with Crippen LogP contribution in [0, 0.1) is 0 Å². The molecule has 1 fully saturated rings. The van der Waals surface area contributed by atoms with Crippen LogP contribution in [0.4, 0.5) is 5.69 Å². The highest BCUT2D eigenvalue weighted by molar-refractivity contribution is 5.58. The number of nitrogens with one attached hydrogen (secondary N) is 1. The number of anilines is 1. The van der Waals surface area contributed by atoms with Crippen molar-refractivity contribution in [2.75, 3.05) is 19.0 Å². The van der Waals surface area contributed by atoms with E-state index in [1.807, 2.05) is 7.11 Å². The lowest BCUT2D eigenvalue weighted by Crippen LogP contribution is -2.28. The van der Waals surface area contributed by atoms with E-state index in [-0.39, 0.29) is 5.41 Å². The van der Waals surface area contributed by atoms with Crippen LogP contribution in [0.5, 0.6) is 0 Å². The van der Waals surface area contributed by atoms with Gasteiger partial charge >= 0.3 is 0 Å². The van der Waals surface area contributed by atoms with Crippen molar-refractivity contribution >= 4 is 5.69 Å². The molecule has 2 nitrogen and oxygen atoms in total. The monoisotopic (exact) mass is 259 g/mol. The molecule has 19 heavy (non-hydrogen) atoms. The molecule has 0 saturated heterocycles. The van der Waals surface area contributed by atoms with E-state index in [0.717, 1.165) is 6.54 Å². The number of methoxy groups -OCH3 is 1. The first-order valence-electron chi connectivity index (χ1n) is 7.53. The van der Waals surface area contributed by atoms with Gasteiger partial charge in [0.15, 0.2) is 0 Å². The molecule has 2 unspecified atom stereocenters. The summed E-state index contributed by atoms with van der Waals surface area (Å²) in [5.41, 5.74) is 4.57. The van der Waals surface area contributed by atoms with Crippen molar-refractivity contribution in [3.05, 3.63) is 29.3 Å². The summed E-state index contributed by atoms with van der Waals surface area (Å²) in [6, 6.07) is 7.01. The molecule has 1 heterocycles. The molecule has 1 aromatic carbocycles. The van der Waals surface area contributed by atoms with E-state index in [1.54, 1.807) is 0 Å². The van der Waals surface area contributed by atoms with E-state index in [1.165, 1.54) is 42.5 Å². The van der Waals surface area contributed by atoms with E-state index >= 15 is 0 Å². The molecule has 2 aliphatic rings. The third-order valence-corrected chi connectivity index (χ3v) is 5.02. The van der Waals surface area contributed by atoms with E-state index in [2.05, 4.69) is 37.4 Å². The molecule has 0 aromatic heterocycles. The minimum atomic E-state index is 0.289. The highest BCUT2D eigenvalue weighted by atomic mass is 16.5. The van der Waals surface area contributed by atoms with Gasteiger partial charge in [0.1, 0.15) is 0 Å². The van der Waals surface area contributed by atoms with Crippen molar-refractivity contribution in [2.45, 2.75) is 57.0 Å². The van der Waals surface area contributed by atoms with Crippen LogP contribution in [0.25, 0.3) is 0 Å². The van der Waals surface area contributed by atoms with Crippen LogP contribution in [0.1, 0.15) is 56.6 Å². The summed E-state index contributed by atoms with van der Waals surface area (Å²) in [6.07, 6.45) is 5.40. The Hall–Kier alpha value is -1.02. The molecular formula is C17H25NO. The zero-order chi connectivity index (χ0) is 13.5. The first kappa shape index (κ1) is 13.0. The lowest BCUT2D eigenvalue weighted by atomic mass is 9.76. The van der Waals surface area contributed by atoms with Crippen LogP contribution in [0.3, 0.4) is 0 Å². The number of hydrogen-bond acceptors (Lipinski definition) is 2. The quantitative estimate of drug-likeness (QED) is 0.864. The average molecular weight is 259 g/mol. The SMILES string of the molecule is COC1CCCC1c1ccc2c(c1)C(C)(C)CCN2. The molecule has 1 aliphatic heterocycles. The van der Waals surface area contributed by atoms with Crippen LogP contribution < -0.4 is 5.32 Å². The normalized spacial score (nSPS) is 28.8. The van der Waals surface area contributed by atoms with Gasteiger partial charge < -0.3 is 10.1 Å². The highest BCUT2D eigenvalue weighted by Crippen LogP contribution is 2.42. The molecule has 104 valence electrons. The smallest absolute Gasteiger partial charge is 0.0639 e. The topological polar surface area (TPSA) is 21.3 Å². The Labute approximate surface area is 116 Å². The third kappa shape index (κ3) is 2.27. The summed E-state index contributed by atoms with van der Waals surface area (Å²) in [7, 11) is 1.85. The molecule has 0 radical (unpaired) electrons. The Bertz CT molecular complexity index is 466. The van der Waals surface area contributed by atoms with Crippen molar-refractivity contribution in [1.82, 2.24) is 0 Å². The van der Waals surface area contributed by atoms with Crippen molar-refractivity contribution in [1.29, 1.82) is 0 Å². The zero-order valence-corrected chi connectivity index (χ0v) is 12.3. The maximum absolute atomic E-state index is 5.66. The molecule has 0 bridgehead atoms. The fraction of sp³-hybridized carbons (Fsp3) is 0.647. The summed E-state index contributed by atoms with van der Waals surface area (Å²) in [4.78, 5) is 0. The van der Waals surface area contributed by atoms with E-state index in [9.17, 15) is 0 Å². The van der Waals surface area contributed by atoms with Gasteiger partial charge in [0.2, 0.25) is 0 Å². The van der Waals surface area contributed by atoms with E-state index < -0.39 is 0 Å². The van der Waals surface area contributed by atoms with Crippen molar-refractivity contribution in [3.8, 4) is 0 Å². The second-order valence-electron chi connectivity index (χ2n) is 6.68. The van der Waals surface area contributed by atoms with Crippen LogP contribution in [0.15, 0.2) is 18.2 Å². The number of hydrogen-bond donors (Lipinski definition) is 1. The molecular weight excluding hydrogens is 234 g/mol. The van der Waals surface area contributed by atoms with Gasteiger partial charge in [0, 0.05) is 25.3 Å². The fourth-order valence-electron chi connectivity index (χ4n) is 3.74. The number of rotatable bonds is 2. The largest absolute Gasteiger partial charge is 0.385 e. The van der Waals surface area contributed by atoms with Crippen LogP contribution in [-0.2, 0) is 10.2 Å². The minimum absolute atomic E-state index is 0.289. The van der Waals surface area contributed by atoms with Gasteiger partial charge in [-0.05, 0) is 41.9 Å². The molecule has 2 heteroatoms. The summed E-state index contributed by atoms with van der Waals surface area (Å²) in [5, 5.41) is 3.53. The second kappa shape index (κ2) is 4.82. The molecule has 0 spiro atoms. The van der Waals surface area contributed by atoms with Crippen molar-refractivity contribution in [2.24, 2.45) is 0 Å². The lowest BCUT2D eigenvalue weighted by molar-refractivity contribution is 0.0945. The lowest BCUT2D eigenvalue weighted by Gasteiger charge is -2.34. The van der Waals surface area contributed by atoms with Gasteiger partial charge in [0.25, 0.3) is 0 Å². The molecule has 2 atom stereocenters. The first-order valence-corrected chi connectivity index (χ1v) is 7.53. The minimum Gasteiger partial charge on any atom is -0.385 e. The Morgan fingerprint density at radius 2 is 2.11 bits per heavy atom. The molecule has 1 N–H and O–H groups in total. The van der Waals surface area contributed by atoms with Crippen molar-refractivity contribution < 1.29 is 4.74 Å². The number of benzene rings is 1. The number of ether oxygens (including phenoxy) is 1. The van der Waals surface area contributed by atoms with Gasteiger partial charge in [0.05, 0.1) is 6.10 Å². The third-order valence-electron chi connectivity index (χ3n) is 5.02. The van der Waals surface area contributed by atoms with Gasteiger partial charge in [-0.15, -0.1) is 0 Å². The average Bonchev–Trinajstić information content (AvgIpc) is 2.86. The summed E-state index contributed by atoms with van der Waals surface area (Å²) in [5.74, 6) is 0.591. The maximum atomic E-state index is 5.66. The predicted octanol–water partition coefficient (Wildman–Crippen LogP) is 4.06. The molecule has 0 amide bonds. The van der Waals surface area contributed by atoms with Gasteiger partial charge in [-0.25, -0.2) is 0 Å². The molecule has 1 saturated carbocycles. The highest BCUT2D eigenvalue weighted by Gasteiger charge is 2.32. The summed E-state index contributed by atoms with van der Waals surface area (Å²) >= 11 is 0. The Balaban J connectivity index is 1.96. The Morgan fingerprint density at radius 3 is 2.89 bits per heavy atom. The second-order valence-corrected chi connectivity index (χ2v) is 6.68. The van der Waals surface area contributed by atoms with Crippen LogP contribution in [0.2, 0.25) is 0 Å². The van der Waals surface area contributed by atoms with Gasteiger partial charge in [-0.3, -0.25) is 0 Å². The van der Waals surface area contributed by atoms with E-state index in [4.69, 9.17) is 4.74 Å².